The van der Waals surface area contributed by atoms with Gasteiger partial charge in [-0.25, -0.2) is 0 Å². The Kier molecular flexibility index (Phi) is 37.1. The van der Waals surface area contributed by atoms with Crippen LogP contribution >= 0.6 is 11.8 Å². The van der Waals surface area contributed by atoms with Gasteiger partial charge in [-0.3, -0.25) is 33.7 Å². The fraction of sp³-hybridized carbons (Fsp3) is 0.842. The van der Waals surface area contributed by atoms with Crippen molar-refractivity contribution in [2.75, 3.05) is 80.3 Å². The average Bonchev–Trinajstić information content (AvgIpc) is 3.52. The summed E-state index contributed by atoms with van der Waals surface area (Å²) in [5, 5.41) is 46.2. The van der Waals surface area contributed by atoms with Gasteiger partial charge in [-0.1, -0.05) is 20.8 Å². The number of methoxy groups -OCH3 is 3. The molecule has 0 aliphatic carbocycles. The third-order valence-corrected chi connectivity index (χ3v) is 9.35. The molecule has 3 amide bonds. The minimum atomic E-state index is -0.945. The van der Waals surface area contributed by atoms with E-state index >= 15 is 0 Å². The second-order valence-corrected chi connectivity index (χ2v) is 13.9. The molecule has 1 rings (SSSR count). The number of aliphatic carboxylic acids is 1. The lowest BCUT2D eigenvalue weighted by atomic mass is 10.2. The molecule has 1 saturated heterocycles. The van der Waals surface area contributed by atoms with Crippen molar-refractivity contribution in [3.05, 3.63) is 0 Å². The van der Waals surface area contributed by atoms with Crippen molar-refractivity contribution < 1.29 is 92.2 Å². The third-order valence-electron chi connectivity index (χ3n) is 8.41. The summed E-state index contributed by atoms with van der Waals surface area (Å²) in [7, 11) is 4.27. The van der Waals surface area contributed by atoms with Gasteiger partial charge < -0.3 is 68.7 Å². The third kappa shape index (κ3) is 28.5. The molecule has 0 radical (unpaired) electrons. The molecule has 0 aromatic carbocycles. The largest absolute Gasteiger partial charge is 0.481 e. The van der Waals surface area contributed by atoms with Crippen LogP contribution in [0.4, 0.5) is 0 Å². The maximum atomic E-state index is 12.0. The maximum absolute atomic E-state index is 12.0. The molecule has 1 fully saturated rings. The molecule has 352 valence electrons. The number of aliphatic hydroxyl groups excluding tert-OH is 4. The Morgan fingerprint density at radius 2 is 1.13 bits per heavy atom. The lowest BCUT2D eigenvalue weighted by Gasteiger charge is -2.21. The summed E-state index contributed by atoms with van der Waals surface area (Å²) in [5.74, 6) is -2.63. The van der Waals surface area contributed by atoms with E-state index in [1.165, 1.54) is 38.0 Å². The molecule has 7 unspecified atom stereocenters. The quantitative estimate of drug-likeness (QED) is 0.0302. The van der Waals surface area contributed by atoms with Crippen molar-refractivity contribution in [3.8, 4) is 0 Å². The number of nitrogens with one attached hydrogen (secondary N) is 1. The van der Waals surface area contributed by atoms with E-state index in [9.17, 15) is 28.8 Å². The molecular formula is C38H70N2O19S. The molecular weight excluding hydrogens is 820 g/mol. The standard InChI is InChI=1S/C19H32N2O8S.C12H22O7.C7H16O4/c1-4-13(11-22)29-18(27-2)12-28-17(25)7-5-6-15(23)20-8-9-21-16(24)10-14(30-3)19(21)26;1-3-9(7-13)19-12(17-2)8-18-11(16)6-4-5-10(14)15;1-3-6(4-8)11-7(5-9)10-2/h13-14,18,22H,4-12H2,1-3H3,(H,20,23);9,12-13H,3-8H2,1-2H3,(H,14,15);6-9H,3-5H2,1-2H3. The normalized spacial score (nSPS) is 16.6. The highest BCUT2D eigenvalue weighted by molar-refractivity contribution is 8.00. The SMILES string of the molecule is CCC(CO)OC(CO)OC.CCC(CO)OC(COC(=O)CCCC(=O)NCCN1C(=O)CC(SC)C1=O)OC.CCC(CO)OC(COC(=O)CCCC(=O)O)OC. The van der Waals surface area contributed by atoms with Crippen LogP contribution in [0.15, 0.2) is 0 Å². The number of thioether (sulfide) groups is 1. The van der Waals surface area contributed by atoms with Crippen LogP contribution in [0.3, 0.4) is 0 Å². The van der Waals surface area contributed by atoms with Gasteiger partial charge in [-0.2, -0.15) is 11.8 Å². The fourth-order valence-electron chi connectivity index (χ4n) is 4.66. The predicted octanol–water partition coefficient (Wildman–Crippen LogP) is 0.350. The van der Waals surface area contributed by atoms with E-state index in [0.717, 1.165) is 0 Å². The second kappa shape index (κ2) is 37.7. The van der Waals surface area contributed by atoms with Crippen molar-refractivity contribution in [1.82, 2.24) is 10.2 Å². The van der Waals surface area contributed by atoms with Crippen molar-refractivity contribution in [3.63, 3.8) is 0 Å². The number of carboxylic acid groups (broad SMARTS) is 1. The van der Waals surface area contributed by atoms with Crippen LogP contribution in [0.5, 0.6) is 0 Å². The van der Waals surface area contributed by atoms with Crippen LogP contribution in [0.1, 0.15) is 85.0 Å². The summed E-state index contributed by atoms with van der Waals surface area (Å²) in [6.45, 7) is 5.21. The Morgan fingerprint density at radius 1 is 0.700 bits per heavy atom. The number of likely N-dealkylation sites (tertiary alicyclic amines) is 1. The lowest BCUT2D eigenvalue weighted by molar-refractivity contribution is -0.194. The molecule has 1 aliphatic rings. The molecule has 0 aromatic rings. The molecule has 1 heterocycles. The number of carbonyl (C=O) groups excluding carboxylic acids is 5. The number of hydrogen-bond donors (Lipinski definition) is 6. The summed E-state index contributed by atoms with van der Waals surface area (Å²) < 4.78 is 40.7. The van der Waals surface area contributed by atoms with E-state index in [2.05, 4.69) is 5.32 Å². The molecule has 22 heteroatoms. The molecule has 6 N–H and O–H groups in total. The van der Waals surface area contributed by atoms with Gasteiger partial charge in [-0.05, 0) is 38.4 Å². The Balaban J connectivity index is 0. The van der Waals surface area contributed by atoms with E-state index in [-0.39, 0.29) is 126 Å². The zero-order valence-corrected chi connectivity index (χ0v) is 36.9. The first-order valence-electron chi connectivity index (χ1n) is 19.8. The Labute approximate surface area is 357 Å². The van der Waals surface area contributed by atoms with Gasteiger partial charge in [0.25, 0.3) is 0 Å². The van der Waals surface area contributed by atoms with Crippen molar-refractivity contribution in [2.24, 2.45) is 0 Å². The average molecular weight is 891 g/mol. The number of rotatable bonds is 32. The summed E-state index contributed by atoms with van der Waals surface area (Å²) in [6, 6.07) is 0. The van der Waals surface area contributed by atoms with E-state index in [4.69, 9.17) is 63.4 Å². The second-order valence-electron chi connectivity index (χ2n) is 12.9. The number of hydrogen-bond acceptors (Lipinski definition) is 19. The fourth-order valence-corrected chi connectivity index (χ4v) is 5.30. The number of aliphatic hydroxyl groups is 4. The number of amides is 3. The Bertz CT molecular complexity index is 1160. The number of imide groups is 1. The van der Waals surface area contributed by atoms with Crippen molar-refractivity contribution in [1.29, 1.82) is 0 Å². The van der Waals surface area contributed by atoms with Crippen LogP contribution in [0.25, 0.3) is 0 Å². The monoisotopic (exact) mass is 890 g/mol. The zero-order chi connectivity index (χ0) is 45.9. The van der Waals surface area contributed by atoms with Gasteiger partial charge in [-0.15, -0.1) is 0 Å². The zero-order valence-electron chi connectivity index (χ0n) is 36.1. The van der Waals surface area contributed by atoms with Gasteiger partial charge in [0.15, 0.2) is 18.9 Å². The van der Waals surface area contributed by atoms with E-state index in [1.807, 2.05) is 20.8 Å². The first kappa shape index (κ1) is 59.1. The van der Waals surface area contributed by atoms with Crippen LogP contribution in [0.2, 0.25) is 0 Å². The van der Waals surface area contributed by atoms with E-state index in [0.29, 0.717) is 25.7 Å². The van der Waals surface area contributed by atoms with Crippen molar-refractivity contribution in [2.45, 2.75) is 127 Å². The summed E-state index contributed by atoms with van der Waals surface area (Å²) in [5.41, 5.74) is 0. The highest BCUT2D eigenvalue weighted by atomic mass is 32.2. The van der Waals surface area contributed by atoms with Crippen LogP contribution in [0, 0.1) is 0 Å². The molecule has 0 bridgehead atoms. The smallest absolute Gasteiger partial charge is 0.305 e. The highest BCUT2D eigenvalue weighted by Crippen LogP contribution is 2.22. The molecule has 0 spiro atoms. The van der Waals surface area contributed by atoms with Crippen LogP contribution in [-0.4, -0.2) is 189 Å². The molecule has 7 atom stereocenters. The topological polar surface area (TPSA) is 293 Å². The van der Waals surface area contributed by atoms with Crippen molar-refractivity contribution >= 4 is 47.4 Å². The summed E-state index contributed by atoms with van der Waals surface area (Å²) >= 11 is 1.34. The molecule has 21 nitrogen and oxygen atoms in total. The number of esters is 2. The van der Waals surface area contributed by atoms with Gasteiger partial charge in [0.05, 0.1) is 50.0 Å². The highest BCUT2D eigenvalue weighted by Gasteiger charge is 2.37. The first-order chi connectivity index (χ1) is 28.7. The summed E-state index contributed by atoms with van der Waals surface area (Å²) in [4.78, 5) is 70.2. The molecule has 60 heavy (non-hydrogen) atoms. The number of carbonyl (C=O) groups is 6. The van der Waals surface area contributed by atoms with E-state index in [1.54, 1.807) is 6.26 Å². The first-order valence-corrected chi connectivity index (χ1v) is 21.1. The van der Waals surface area contributed by atoms with Gasteiger partial charge in [0.2, 0.25) is 17.7 Å². The van der Waals surface area contributed by atoms with Gasteiger partial charge in [0.1, 0.15) is 13.2 Å². The minimum Gasteiger partial charge on any atom is -0.481 e. The van der Waals surface area contributed by atoms with Gasteiger partial charge in [0, 0.05) is 66.5 Å². The predicted molar refractivity (Wildman–Crippen MR) is 215 cm³/mol. The Morgan fingerprint density at radius 3 is 1.48 bits per heavy atom. The Hall–Kier alpha value is -3.03. The van der Waals surface area contributed by atoms with Gasteiger partial charge >= 0.3 is 17.9 Å². The lowest BCUT2D eigenvalue weighted by Crippen LogP contribution is -2.38. The molecule has 1 aliphatic heterocycles. The van der Waals surface area contributed by atoms with E-state index < -0.39 is 42.9 Å². The van der Waals surface area contributed by atoms with Crippen LogP contribution in [-0.2, 0) is 66.7 Å². The molecule has 0 saturated carbocycles. The number of nitrogens with zero attached hydrogens (tertiary/aromatic N) is 1. The number of ether oxygens (including phenoxy) is 8. The summed E-state index contributed by atoms with van der Waals surface area (Å²) in [6.07, 6.45) is 1.46. The minimum absolute atomic E-state index is 0.0416. The number of carboxylic acids is 1. The maximum Gasteiger partial charge on any atom is 0.305 e. The van der Waals surface area contributed by atoms with Crippen LogP contribution < -0.4 is 5.32 Å². The molecule has 0 aromatic heterocycles.